The first-order valence-electron chi connectivity index (χ1n) is 5.59. The van der Waals surface area contributed by atoms with Crippen LogP contribution in [0.2, 0.25) is 0 Å². The topological polar surface area (TPSA) is 50.4 Å². The standard InChI is InChI=1S/C13H20N2O2/c1-13(2,3)15-14-12(16)9-10-5-7-11(17-4)8-6-10/h5-8,15H,9H2,1-4H3,(H,14,16). The van der Waals surface area contributed by atoms with E-state index >= 15 is 0 Å². The summed E-state index contributed by atoms with van der Waals surface area (Å²) in [6.07, 6.45) is 0.354. The summed E-state index contributed by atoms with van der Waals surface area (Å²) >= 11 is 0. The van der Waals surface area contributed by atoms with E-state index in [0.717, 1.165) is 11.3 Å². The number of hydrazine groups is 1. The maximum absolute atomic E-state index is 11.6. The van der Waals surface area contributed by atoms with Gasteiger partial charge in [-0.3, -0.25) is 10.2 Å². The van der Waals surface area contributed by atoms with E-state index in [2.05, 4.69) is 10.9 Å². The Kier molecular flexibility index (Phi) is 4.52. The minimum atomic E-state index is -0.129. The van der Waals surface area contributed by atoms with Gasteiger partial charge in [-0.05, 0) is 38.5 Å². The van der Waals surface area contributed by atoms with Gasteiger partial charge in [-0.1, -0.05) is 12.1 Å². The molecule has 0 aliphatic carbocycles. The molecule has 0 unspecified atom stereocenters. The second kappa shape index (κ2) is 5.68. The number of amides is 1. The average Bonchev–Trinajstić information content (AvgIpc) is 2.27. The smallest absolute Gasteiger partial charge is 0.238 e. The van der Waals surface area contributed by atoms with Crippen molar-refractivity contribution in [3.63, 3.8) is 0 Å². The predicted molar refractivity (Wildman–Crippen MR) is 67.7 cm³/mol. The summed E-state index contributed by atoms with van der Waals surface area (Å²) in [7, 11) is 1.62. The second-order valence-corrected chi connectivity index (χ2v) is 4.95. The lowest BCUT2D eigenvalue weighted by molar-refractivity contribution is -0.121. The molecule has 4 heteroatoms. The van der Waals surface area contributed by atoms with Crippen molar-refractivity contribution in [1.82, 2.24) is 10.9 Å². The number of rotatable bonds is 4. The third kappa shape index (κ3) is 5.36. The molecule has 1 aromatic carbocycles. The van der Waals surface area contributed by atoms with Crippen molar-refractivity contribution in [3.05, 3.63) is 29.8 Å². The van der Waals surface area contributed by atoms with Gasteiger partial charge in [-0.2, -0.15) is 0 Å². The van der Waals surface area contributed by atoms with Crippen LogP contribution in [-0.4, -0.2) is 18.6 Å². The van der Waals surface area contributed by atoms with Crippen LogP contribution in [0, 0.1) is 0 Å². The molecule has 0 atom stereocenters. The largest absolute Gasteiger partial charge is 0.497 e. The van der Waals surface area contributed by atoms with Crippen molar-refractivity contribution in [1.29, 1.82) is 0 Å². The molecule has 0 spiro atoms. The van der Waals surface area contributed by atoms with Gasteiger partial charge in [0, 0.05) is 5.54 Å². The number of methoxy groups -OCH3 is 1. The summed E-state index contributed by atoms with van der Waals surface area (Å²) < 4.78 is 5.05. The molecule has 0 radical (unpaired) electrons. The van der Waals surface area contributed by atoms with Crippen molar-refractivity contribution >= 4 is 5.91 Å². The Morgan fingerprint density at radius 1 is 1.24 bits per heavy atom. The zero-order valence-corrected chi connectivity index (χ0v) is 10.8. The van der Waals surface area contributed by atoms with Gasteiger partial charge in [-0.25, -0.2) is 5.43 Å². The van der Waals surface area contributed by atoms with Crippen LogP contribution in [-0.2, 0) is 11.2 Å². The van der Waals surface area contributed by atoms with Crippen LogP contribution in [0.25, 0.3) is 0 Å². The van der Waals surface area contributed by atoms with Crippen LogP contribution in [0.15, 0.2) is 24.3 Å². The number of hydrogen-bond donors (Lipinski definition) is 2. The van der Waals surface area contributed by atoms with Crippen LogP contribution in [0.4, 0.5) is 0 Å². The molecule has 94 valence electrons. The quantitative estimate of drug-likeness (QED) is 0.782. The highest BCUT2D eigenvalue weighted by molar-refractivity contribution is 5.78. The number of hydrogen-bond acceptors (Lipinski definition) is 3. The van der Waals surface area contributed by atoms with E-state index in [0.29, 0.717) is 6.42 Å². The third-order valence-corrected chi connectivity index (χ3v) is 2.10. The normalized spacial score (nSPS) is 11.1. The maximum atomic E-state index is 11.6. The highest BCUT2D eigenvalue weighted by Crippen LogP contribution is 2.11. The van der Waals surface area contributed by atoms with Crippen molar-refractivity contribution in [2.24, 2.45) is 0 Å². The van der Waals surface area contributed by atoms with Gasteiger partial charge in [0.25, 0.3) is 0 Å². The zero-order valence-electron chi connectivity index (χ0n) is 10.8. The molecule has 1 aromatic rings. The van der Waals surface area contributed by atoms with E-state index in [9.17, 15) is 4.79 Å². The van der Waals surface area contributed by atoms with Gasteiger partial charge in [0.1, 0.15) is 5.75 Å². The lowest BCUT2D eigenvalue weighted by Crippen LogP contribution is -2.49. The van der Waals surface area contributed by atoms with Crippen LogP contribution >= 0.6 is 0 Å². The van der Waals surface area contributed by atoms with Crippen molar-refractivity contribution in [2.75, 3.05) is 7.11 Å². The molecule has 0 saturated carbocycles. The first-order valence-corrected chi connectivity index (χ1v) is 5.59. The summed E-state index contributed by atoms with van der Waals surface area (Å²) in [5, 5.41) is 0. The van der Waals surface area contributed by atoms with Gasteiger partial charge in [0.05, 0.1) is 13.5 Å². The minimum Gasteiger partial charge on any atom is -0.497 e. The average molecular weight is 236 g/mol. The molecule has 0 aromatic heterocycles. The van der Waals surface area contributed by atoms with E-state index in [4.69, 9.17) is 4.74 Å². The third-order valence-electron chi connectivity index (χ3n) is 2.10. The Bertz CT molecular complexity index is 366. The first kappa shape index (κ1) is 13.5. The SMILES string of the molecule is COc1ccc(CC(=O)NNC(C)(C)C)cc1. The molecule has 1 rings (SSSR count). The van der Waals surface area contributed by atoms with E-state index in [-0.39, 0.29) is 11.4 Å². The Morgan fingerprint density at radius 2 is 1.82 bits per heavy atom. The number of ether oxygens (including phenoxy) is 1. The molecule has 4 nitrogen and oxygen atoms in total. The lowest BCUT2D eigenvalue weighted by Gasteiger charge is -2.20. The fraction of sp³-hybridized carbons (Fsp3) is 0.462. The summed E-state index contributed by atoms with van der Waals surface area (Å²) in [5.41, 5.74) is 6.45. The number of carbonyl (C=O) groups is 1. The van der Waals surface area contributed by atoms with Crippen molar-refractivity contribution in [2.45, 2.75) is 32.7 Å². The molecule has 0 aliphatic rings. The molecular formula is C13H20N2O2. The van der Waals surface area contributed by atoms with Gasteiger partial charge < -0.3 is 4.74 Å². The Morgan fingerprint density at radius 3 is 2.29 bits per heavy atom. The Labute approximate surface area is 102 Å². The van der Waals surface area contributed by atoms with Crippen molar-refractivity contribution < 1.29 is 9.53 Å². The molecule has 1 amide bonds. The maximum Gasteiger partial charge on any atom is 0.238 e. The predicted octanol–water partition coefficient (Wildman–Crippen LogP) is 1.66. The van der Waals surface area contributed by atoms with E-state index in [1.807, 2.05) is 45.0 Å². The highest BCUT2D eigenvalue weighted by Gasteiger charge is 2.10. The molecular weight excluding hydrogens is 216 g/mol. The van der Waals surface area contributed by atoms with Gasteiger partial charge in [0.2, 0.25) is 5.91 Å². The summed E-state index contributed by atoms with van der Waals surface area (Å²) in [5.74, 6) is 0.743. The monoisotopic (exact) mass is 236 g/mol. The van der Waals surface area contributed by atoms with Gasteiger partial charge in [-0.15, -0.1) is 0 Å². The van der Waals surface area contributed by atoms with E-state index in [1.165, 1.54) is 0 Å². The van der Waals surface area contributed by atoms with Gasteiger partial charge >= 0.3 is 0 Å². The molecule has 0 aliphatic heterocycles. The number of benzene rings is 1. The fourth-order valence-electron chi connectivity index (χ4n) is 1.23. The lowest BCUT2D eigenvalue weighted by atomic mass is 10.1. The van der Waals surface area contributed by atoms with E-state index < -0.39 is 0 Å². The highest BCUT2D eigenvalue weighted by atomic mass is 16.5. The Hall–Kier alpha value is -1.55. The summed E-state index contributed by atoms with van der Waals surface area (Å²) in [6, 6.07) is 7.46. The number of carbonyl (C=O) groups excluding carboxylic acids is 1. The summed E-state index contributed by atoms with van der Waals surface area (Å²) in [4.78, 5) is 11.6. The molecule has 0 heterocycles. The van der Waals surface area contributed by atoms with Gasteiger partial charge in [0.15, 0.2) is 0 Å². The molecule has 0 fully saturated rings. The molecule has 0 saturated heterocycles. The van der Waals surface area contributed by atoms with Crippen LogP contribution in [0.1, 0.15) is 26.3 Å². The minimum absolute atomic E-state index is 0.0508. The van der Waals surface area contributed by atoms with Crippen LogP contribution in [0.5, 0.6) is 5.75 Å². The number of nitrogens with one attached hydrogen (secondary N) is 2. The van der Waals surface area contributed by atoms with Crippen LogP contribution < -0.4 is 15.6 Å². The van der Waals surface area contributed by atoms with Crippen molar-refractivity contribution in [3.8, 4) is 5.75 Å². The second-order valence-electron chi connectivity index (χ2n) is 4.95. The first-order chi connectivity index (χ1) is 7.90. The summed E-state index contributed by atoms with van der Waals surface area (Å²) in [6.45, 7) is 5.96. The molecule has 17 heavy (non-hydrogen) atoms. The Balaban J connectivity index is 2.45. The fourth-order valence-corrected chi connectivity index (χ4v) is 1.23. The molecule has 0 bridgehead atoms. The molecule has 2 N–H and O–H groups in total. The van der Waals surface area contributed by atoms with E-state index in [1.54, 1.807) is 7.11 Å². The zero-order chi connectivity index (χ0) is 12.9. The van der Waals surface area contributed by atoms with Crippen LogP contribution in [0.3, 0.4) is 0 Å².